The standard InChI is InChI=1S/C13H15F3INO/c1-19-12(10-3-2-4-11(17)7-10)5-6-18(8-12)9-13(14,15)16/h2-4,7H,5-6,8-9H2,1H3. The van der Waals surface area contributed by atoms with Crippen molar-refractivity contribution in [3.63, 3.8) is 0 Å². The molecule has 1 aromatic carbocycles. The van der Waals surface area contributed by atoms with Gasteiger partial charge in [0.15, 0.2) is 0 Å². The van der Waals surface area contributed by atoms with Crippen molar-refractivity contribution in [1.82, 2.24) is 4.90 Å². The molecule has 2 nitrogen and oxygen atoms in total. The van der Waals surface area contributed by atoms with Crippen LogP contribution < -0.4 is 0 Å². The van der Waals surface area contributed by atoms with Crippen molar-refractivity contribution in [1.29, 1.82) is 0 Å². The van der Waals surface area contributed by atoms with Crippen molar-refractivity contribution >= 4 is 22.6 Å². The molecule has 0 radical (unpaired) electrons. The molecule has 1 atom stereocenters. The second kappa shape index (κ2) is 5.57. The highest BCUT2D eigenvalue weighted by molar-refractivity contribution is 14.1. The SMILES string of the molecule is COC1(c2cccc(I)c2)CCN(CC(F)(F)F)C1. The number of hydrogen-bond donors (Lipinski definition) is 0. The fraction of sp³-hybridized carbons (Fsp3) is 0.538. The van der Waals surface area contributed by atoms with Gasteiger partial charge in [0.25, 0.3) is 0 Å². The van der Waals surface area contributed by atoms with Crippen LogP contribution in [0.15, 0.2) is 24.3 Å². The summed E-state index contributed by atoms with van der Waals surface area (Å²) in [5.74, 6) is 0. The van der Waals surface area contributed by atoms with E-state index in [9.17, 15) is 13.2 Å². The van der Waals surface area contributed by atoms with E-state index in [2.05, 4.69) is 22.6 Å². The Morgan fingerprint density at radius 3 is 2.74 bits per heavy atom. The number of nitrogens with zero attached hydrogens (tertiary/aromatic N) is 1. The molecule has 0 bridgehead atoms. The van der Waals surface area contributed by atoms with Gasteiger partial charge in [0.2, 0.25) is 0 Å². The first kappa shape index (κ1) is 15.1. The molecule has 0 spiro atoms. The van der Waals surface area contributed by atoms with E-state index in [0.717, 1.165) is 9.13 Å². The van der Waals surface area contributed by atoms with Crippen molar-refractivity contribution in [3.8, 4) is 0 Å². The summed E-state index contributed by atoms with van der Waals surface area (Å²) < 4.78 is 44.0. The van der Waals surface area contributed by atoms with Crippen LogP contribution in [0.25, 0.3) is 0 Å². The Kier molecular flexibility index (Phi) is 4.42. The zero-order valence-corrected chi connectivity index (χ0v) is 12.7. The molecule has 106 valence electrons. The normalized spacial score (nSPS) is 24.9. The molecule has 0 saturated carbocycles. The maximum absolute atomic E-state index is 12.4. The van der Waals surface area contributed by atoms with Crippen LogP contribution in [-0.4, -0.2) is 37.8 Å². The average molecular weight is 385 g/mol. The van der Waals surface area contributed by atoms with Crippen molar-refractivity contribution in [2.75, 3.05) is 26.7 Å². The molecule has 19 heavy (non-hydrogen) atoms. The lowest BCUT2D eigenvalue weighted by Crippen LogP contribution is -2.37. The van der Waals surface area contributed by atoms with Crippen LogP contribution in [0.1, 0.15) is 12.0 Å². The molecule has 1 fully saturated rings. The van der Waals surface area contributed by atoms with Crippen LogP contribution in [0, 0.1) is 3.57 Å². The smallest absolute Gasteiger partial charge is 0.372 e. The van der Waals surface area contributed by atoms with Crippen LogP contribution >= 0.6 is 22.6 Å². The van der Waals surface area contributed by atoms with Crippen LogP contribution in [0.5, 0.6) is 0 Å². The number of hydrogen-bond acceptors (Lipinski definition) is 2. The summed E-state index contributed by atoms with van der Waals surface area (Å²) in [6.45, 7) is -0.191. The molecule has 1 aliphatic rings. The second-order valence-electron chi connectivity index (χ2n) is 4.78. The third kappa shape index (κ3) is 3.61. The van der Waals surface area contributed by atoms with Gasteiger partial charge in [0.1, 0.15) is 5.60 Å². The molecule has 0 amide bonds. The summed E-state index contributed by atoms with van der Waals surface area (Å²) in [7, 11) is 1.57. The van der Waals surface area contributed by atoms with Gasteiger partial charge in [-0.25, -0.2) is 0 Å². The number of rotatable bonds is 3. The Labute approximate surface area is 124 Å². The summed E-state index contributed by atoms with van der Waals surface area (Å²) in [5, 5.41) is 0. The van der Waals surface area contributed by atoms with Gasteiger partial charge in [0.05, 0.1) is 6.54 Å². The van der Waals surface area contributed by atoms with Crippen LogP contribution in [0.2, 0.25) is 0 Å². The number of alkyl halides is 3. The number of likely N-dealkylation sites (tertiary alicyclic amines) is 1. The van der Waals surface area contributed by atoms with Gasteiger partial charge in [0, 0.05) is 23.8 Å². The predicted octanol–water partition coefficient (Wildman–Crippen LogP) is 3.40. The number of halogens is 4. The molecule has 0 aromatic heterocycles. The Hall–Kier alpha value is -0.340. The Morgan fingerprint density at radius 2 is 2.16 bits per heavy atom. The predicted molar refractivity (Wildman–Crippen MR) is 75.0 cm³/mol. The van der Waals surface area contributed by atoms with Crippen molar-refractivity contribution in [3.05, 3.63) is 33.4 Å². The van der Waals surface area contributed by atoms with Crippen LogP contribution in [0.3, 0.4) is 0 Å². The minimum absolute atomic E-state index is 0.281. The van der Waals surface area contributed by atoms with E-state index < -0.39 is 18.3 Å². The highest BCUT2D eigenvalue weighted by atomic mass is 127. The van der Waals surface area contributed by atoms with Crippen molar-refractivity contribution < 1.29 is 17.9 Å². The number of benzene rings is 1. The highest BCUT2D eigenvalue weighted by Crippen LogP contribution is 2.36. The lowest BCUT2D eigenvalue weighted by Gasteiger charge is -2.29. The van der Waals surface area contributed by atoms with Gasteiger partial charge in [-0.15, -0.1) is 0 Å². The lowest BCUT2D eigenvalue weighted by atomic mass is 9.93. The summed E-state index contributed by atoms with van der Waals surface area (Å²) in [6, 6.07) is 7.75. The van der Waals surface area contributed by atoms with E-state index in [0.29, 0.717) is 13.0 Å². The van der Waals surface area contributed by atoms with Crippen molar-refractivity contribution in [2.45, 2.75) is 18.2 Å². The monoisotopic (exact) mass is 385 g/mol. The first-order valence-corrected chi connectivity index (χ1v) is 7.03. The molecule has 1 saturated heterocycles. The van der Waals surface area contributed by atoms with Gasteiger partial charge in [-0.3, -0.25) is 4.90 Å². The molecule has 1 aromatic rings. The van der Waals surface area contributed by atoms with Gasteiger partial charge in [-0.1, -0.05) is 12.1 Å². The summed E-state index contributed by atoms with van der Waals surface area (Å²) in [6.07, 6.45) is -3.57. The Morgan fingerprint density at radius 1 is 1.42 bits per heavy atom. The fourth-order valence-electron chi connectivity index (χ4n) is 2.54. The van der Waals surface area contributed by atoms with E-state index >= 15 is 0 Å². The van der Waals surface area contributed by atoms with Crippen LogP contribution in [0.4, 0.5) is 13.2 Å². The molecule has 1 unspecified atom stereocenters. The summed E-state index contributed by atoms with van der Waals surface area (Å²) >= 11 is 2.19. The van der Waals surface area contributed by atoms with Gasteiger partial charge in [-0.2, -0.15) is 13.2 Å². The third-order valence-electron chi connectivity index (χ3n) is 3.46. The largest absolute Gasteiger partial charge is 0.401 e. The van der Waals surface area contributed by atoms with E-state index in [1.54, 1.807) is 7.11 Å². The maximum Gasteiger partial charge on any atom is 0.401 e. The molecule has 2 rings (SSSR count). The summed E-state index contributed by atoms with van der Waals surface area (Å²) in [5.41, 5.74) is 0.332. The topological polar surface area (TPSA) is 12.5 Å². The van der Waals surface area contributed by atoms with Gasteiger partial charge < -0.3 is 4.74 Å². The molecular formula is C13H15F3INO. The number of methoxy groups -OCH3 is 1. The van der Waals surface area contributed by atoms with E-state index in [1.165, 1.54) is 4.90 Å². The first-order valence-electron chi connectivity index (χ1n) is 5.95. The van der Waals surface area contributed by atoms with Crippen molar-refractivity contribution in [2.24, 2.45) is 0 Å². The van der Waals surface area contributed by atoms with E-state index in [4.69, 9.17) is 4.74 Å². The molecule has 0 aliphatic carbocycles. The van der Waals surface area contributed by atoms with Gasteiger partial charge in [-0.05, 0) is 46.7 Å². The highest BCUT2D eigenvalue weighted by Gasteiger charge is 2.43. The first-order chi connectivity index (χ1) is 8.85. The van der Waals surface area contributed by atoms with E-state index in [1.807, 2.05) is 24.3 Å². The second-order valence-corrected chi connectivity index (χ2v) is 6.03. The molecular weight excluding hydrogens is 370 g/mol. The third-order valence-corrected chi connectivity index (χ3v) is 4.13. The molecule has 0 N–H and O–H groups in total. The fourth-order valence-corrected chi connectivity index (χ4v) is 3.08. The van der Waals surface area contributed by atoms with Gasteiger partial charge >= 0.3 is 6.18 Å². The Balaban J connectivity index is 2.18. The van der Waals surface area contributed by atoms with E-state index in [-0.39, 0.29) is 6.54 Å². The molecule has 6 heteroatoms. The van der Waals surface area contributed by atoms with Crippen LogP contribution in [-0.2, 0) is 10.3 Å². The minimum atomic E-state index is -4.16. The minimum Gasteiger partial charge on any atom is -0.372 e. The average Bonchev–Trinajstić information content (AvgIpc) is 2.71. The maximum atomic E-state index is 12.4. The Bertz CT molecular complexity index is 452. The zero-order valence-electron chi connectivity index (χ0n) is 10.5. The summed E-state index contributed by atoms with van der Waals surface area (Å²) in [4.78, 5) is 1.41. The zero-order chi connectivity index (χ0) is 14.1. The quantitative estimate of drug-likeness (QED) is 0.740. The molecule has 1 aliphatic heterocycles. The number of ether oxygens (including phenoxy) is 1. The molecule has 1 heterocycles. The lowest BCUT2D eigenvalue weighted by molar-refractivity contribution is -0.146.